The summed E-state index contributed by atoms with van der Waals surface area (Å²) in [7, 11) is 0. The van der Waals surface area contributed by atoms with Gasteiger partial charge in [-0.2, -0.15) is 0 Å². The number of rotatable bonds is 15. The SMILES string of the molecule is Cc1ncoc1-c1ccc(CNC(=O)[C@@H]2C[C@@H](O)CN2C(=O)C(NC(=O)COc2ccc(O[C@H]3C[C@@H](NC(=O)C[C@@H]4N=C(c5ccc(Cl)cc5)c5c(sc(C)c5C)-n5c(C)nnc54)C3)nc2)C(C)(C)C)cc1. The Hall–Kier alpha value is -6.96. The van der Waals surface area contributed by atoms with Gasteiger partial charge in [-0.1, -0.05) is 68.8 Å². The number of thiophene rings is 1. The molecule has 18 nitrogen and oxygen atoms in total. The highest BCUT2D eigenvalue weighted by Crippen LogP contribution is 2.40. The van der Waals surface area contributed by atoms with E-state index in [-0.39, 0.29) is 44.0 Å². The number of hydrogen-bond acceptors (Lipinski definition) is 14. The molecule has 2 fully saturated rings. The topological polar surface area (TPSA) is 228 Å². The second-order valence-corrected chi connectivity index (χ2v) is 21.3. The van der Waals surface area contributed by atoms with E-state index in [4.69, 9.17) is 30.5 Å². The zero-order chi connectivity index (χ0) is 51.0. The van der Waals surface area contributed by atoms with E-state index in [1.54, 1.807) is 23.5 Å². The van der Waals surface area contributed by atoms with Crippen LogP contribution in [-0.4, -0.2) is 108 Å². The van der Waals surface area contributed by atoms with Crippen LogP contribution in [0.3, 0.4) is 0 Å². The molecule has 9 rings (SSSR count). The lowest BCUT2D eigenvalue weighted by molar-refractivity contribution is -0.144. The normalized spacial score (nSPS) is 19.8. The van der Waals surface area contributed by atoms with Crippen molar-refractivity contribution in [2.45, 2.75) is 117 Å². The molecule has 4 atom stereocenters. The number of β-amino-alcohol motifs (C(OH)–C–C–N with tert-alkyl or cyclic N) is 1. The van der Waals surface area contributed by atoms with Crippen molar-refractivity contribution in [2.24, 2.45) is 10.4 Å². The van der Waals surface area contributed by atoms with Gasteiger partial charge in [-0.05, 0) is 62.4 Å². The first-order valence-corrected chi connectivity index (χ1v) is 25.1. The number of aromatic nitrogens is 5. The quantitative estimate of drug-likeness (QED) is 0.0869. The van der Waals surface area contributed by atoms with Gasteiger partial charge >= 0.3 is 0 Å². The maximum Gasteiger partial charge on any atom is 0.258 e. The molecule has 2 aliphatic heterocycles. The van der Waals surface area contributed by atoms with Gasteiger partial charge in [-0.15, -0.1) is 21.5 Å². The number of amides is 4. The van der Waals surface area contributed by atoms with E-state index in [9.17, 15) is 24.3 Å². The highest BCUT2D eigenvalue weighted by Gasteiger charge is 2.45. The fourth-order valence-electron chi connectivity index (χ4n) is 9.20. The highest BCUT2D eigenvalue weighted by atomic mass is 35.5. The van der Waals surface area contributed by atoms with E-state index in [2.05, 4.69) is 50.0 Å². The zero-order valence-electron chi connectivity index (χ0n) is 41.1. The third kappa shape index (κ3) is 10.8. The van der Waals surface area contributed by atoms with Crippen molar-refractivity contribution >= 4 is 52.3 Å². The van der Waals surface area contributed by atoms with Crippen molar-refractivity contribution in [3.63, 3.8) is 0 Å². The Morgan fingerprint density at radius 3 is 2.35 bits per heavy atom. The van der Waals surface area contributed by atoms with Crippen LogP contribution in [0, 0.1) is 33.1 Å². The number of aliphatic hydroxyl groups is 1. The molecule has 0 spiro atoms. The summed E-state index contributed by atoms with van der Waals surface area (Å²) in [5.41, 5.74) is 5.50. The standard InChI is InChI=1S/C52H57ClN10O8S/c1-27-29(3)72-51-44(27)45(32-12-14-34(53)15-13-32)58-39(48-61-60-30(4)63(48)51)21-41(65)57-35-18-38(19-35)71-43-17-16-37(23-54-43)69-25-42(66)59-47(52(5,6)7)50(68)62-24-36(64)20-40(62)49(67)55-22-31-8-10-33(11-9-31)46-28(2)56-26-70-46/h8-17,23,26,35-36,38-40,47,64H,18-22,24-25H2,1-7H3,(H,55,67)(H,57,65)(H,59,66)/t35-,36-,38+,39+,40+,47?/m1/s1. The molecular formula is C52H57ClN10O8S. The number of aliphatic hydroxyl groups excluding tert-OH is 1. The minimum absolute atomic E-state index is 0.0531. The van der Waals surface area contributed by atoms with Gasteiger partial charge in [0.15, 0.2) is 24.6 Å². The van der Waals surface area contributed by atoms with Crippen LogP contribution in [0.15, 0.2) is 82.7 Å². The van der Waals surface area contributed by atoms with Crippen LogP contribution in [0.2, 0.25) is 5.02 Å². The summed E-state index contributed by atoms with van der Waals surface area (Å²) in [6.07, 6.45) is 3.05. The number of aliphatic imine (C=N–C) groups is 1. The van der Waals surface area contributed by atoms with Crippen LogP contribution in [0.4, 0.5) is 0 Å². The van der Waals surface area contributed by atoms with Gasteiger partial charge in [-0.25, -0.2) is 9.97 Å². The Kier molecular flexibility index (Phi) is 14.3. The van der Waals surface area contributed by atoms with Crippen LogP contribution in [-0.2, 0) is 25.7 Å². The summed E-state index contributed by atoms with van der Waals surface area (Å²) < 4.78 is 19.3. The second-order valence-electron chi connectivity index (χ2n) is 19.6. The molecule has 6 aromatic rings. The van der Waals surface area contributed by atoms with Crippen molar-refractivity contribution in [3.05, 3.63) is 123 Å². The van der Waals surface area contributed by atoms with Crippen LogP contribution < -0.4 is 25.4 Å². The van der Waals surface area contributed by atoms with Crippen LogP contribution in [0.25, 0.3) is 16.3 Å². The number of likely N-dealkylation sites (tertiary alicyclic amines) is 1. The molecule has 3 aliphatic rings. The molecule has 4 N–H and O–H groups in total. The summed E-state index contributed by atoms with van der Waals surface area (Å²) >= 11 is 7.91. The summed E-state index contributed by atoms with van der Waals surface area (Å²) in [6.45, 7) is 13.1. The average Bonchev–Trinajstić information content (AvgIpc) is 4.11. The molecule has 1 aliphatic carbocycles. The third-order valence-electron chi connectivity index (χ3n) is 13.3. The molecule has 1 unspecified atom stereocenters. The van der Waals surface area contributed by atoms with E-state index in [0.717, 1.165) is 54.9 Å². The van der Waals surface area contributed by atoms with Crippen molar-refractivity contribution in [1.82, 2.24) is 45.6 Å². The van der Waals surface area contributed by atoms with Crippen LogP contribution in [0.1, 0.15) is 97.0 Å². The number of halogens is 1. The molecule has 0 bridgehead atoms. The molecular weight excluding hydrogens is 960 g/mol. The molecule has 0 radical (unpaired) electrons. The molecule has 2 aromatic carbocycles. The number of fused-ring (bicyclic) bond motifs is 3. The number of pyridine rings is 1. The maximum absolute atomic E-state index is 14.1. The first-order chi connectivity index (χ1) is 34.4. The van der Waals surface area contributed by atoms with Crippen molar-refractivity contribution in [3.8, 4) is 28.0 Å². The number of nitrogens with zero attached hydrogens (tertiary/aromatic N) is 7. The molecule has 1 saturated carbocycles. The van der Waals surface area contributed by atoms with Crippen molar-refractivity contribution in [2.75, 3.05) is 13.2 Å². The number of oxazole rings is 1. The fourth-order valence-corrected chi connectivity index (χ4v) is 10.5. The molecule has 1 saturated heterocycles. The Bertz CT molecular complexity index is 3010. The van der Waals surface area contributed by atoms with Gasteiger partial charge in [0, 0.05) is 71.1 Å². The van der Waals surface area contributed by atoms with Gasteiger partial charge in [0.05, 0.1) is 30.1 Å². The second kappa shape index (κ2) is 20.6. The first kappa shape index (κ1) is 50.0. The predicted octanol–water partition coefficient (Wildman–Crippen LogP) is 6.46. The van der Waals surface area contributed by atoms with Gasteiger partial charge < -0.3 is 39.8 Å². The average molecular weight is 1020 g/mol. The minimum atomic E-state index is -1.03. The highest BCUT2D eigenvalue weighted by molar-refractivity contribution is 7.15. The number of carbonyl (C=O) groups is 4. The van der Waals surface area contributed by atoms with E-state index >= 15 is 0 Å². The Morgan fingerprint density at radius 1 is 0.931 bits per heavy atom. The summed E-state index contributed by atoms with van der Waals surface area (Å²) in [5, 5.41) is 30.0. The van der Waals surface area contributed by atoms with Crippen molar-refractivity contribution in [1.29, 1.82) is 0 Å². The first-order valence-electron chi connectivity index (χ1n) is 23.9. The Morgan fingerprint density at radius 2 is 1.67 bits per heavy atom. The largest absolute Gasteiger partial charge is 0.482 e. The van der Waals surface area contributed by atoms with E-state index in [1.165, 1.54) is 17.5 Å². The Labute approximate surface area is 425 Å². The monoisotopic (exact) mass is 1020 g/mol. The lowest BCUT2D eigenvalue weighted by atomic mass is 9.85. The third-order valence-corrected chi connectivity index (χ3v) is 14.7. The summed E-state index contributed by atoms with van der Waals surface area (Å²) in [5.74, 6) is 1.06. The van der Waals surface area contributed by atoms with Gasteiger partial charge in [0.1, 0.15) is 40.8 Å². The van der Waals surface area contributed by atoms with E-state index in [1.807, 2.05) is 87.7 Å². The van der Waals surface area contributed by atoms with Gasteiger partial charge in [-0.3, -0.25) is 28.7 Å². The number of nitrogens with one attached hydrogen (secondary N) is 3. The van der Waals surface area contributed by atoms with Crippen LogP contribution >= 0.6 is 22.9 Å². The van der Waals surface area contributed by atoms with Crippen LogP contribution in [0.5, 0.6) is 11.6 Å². The molecule has 376 valence electrons. The number of ether oxygens (including phenoxy) is 2. The Balaban J connectivity index is 0.744. The number of carbonyl (C=O) groups excluding carboxylic acids is 4. The summed E-state index contributed by atoms with van der Waals surface area (Å²) in [4.78, 5) is 70.7. The molecule has 72 heavy (non-hydrogen) atoms. The van der Waals surface area contributed by atoms with Gasteiger partial charge in [0.2, 0.25) is 23.6 Å². The van der Waals surface area contributed by atoms with Crippen molar-refractivity contribution < 1.29 is 38.2 Å². The maximum atomic E-state index is 14.1. The fraction of sp³-hybridized carbons (Fsp3) is 0.404. The van der Waals surface area contributed by atoms with Gasteiger partial charge in [0.25, 0.3) is 5.91 Å². The summed E-state index contributed by atoms with van der Waals surface area (Å²) in [6, 6.07) is 15.7. The molecule has 4 amide bonds. The number of benzene rings is 2. The lowest BCUT2D eigenvalue weighted by Crippen LogP contribution is -2.58. The molecule has 6 heterocycles. The van der Waals surface area contributed by atoms with E-state index < -0.39 is 54.0 Å². The molecule has 20 heteroatoms. The number of aryl methyl sites for hydroxylation is 3. The number of hydrogen-bond donors (Lipinski definition) is 4. The molecule has 4 aromatic heterocycles. The predicted molar refractivity (Wildman–Crippen MR) is 269 cm³/mol. The smallest absolute Gasteiger partial charge is 0.258 e. The lowest BCUT2D eigenvalue weighted by Gasteiger charge is -2.35. The zero-order valence-corrected chi connectivity index (χ0v) is 42.6. The minimum Gasteiger partial charge on any atom is -0.482 e. The van der Waals surface area contributed by atoms with E-state index in [0.29, 0.717) is 41.1 Å².